The molecule has 120 valence electrons. The topological polar surface area (TPSA) is 26.3 Å². The van der Waals surface area contributed by atoms with Gasteiger partial charge in [-0.25, -0.2) is 4.79 Å². The van der Waals surface area contributed by atoms with Gasteiger partial charge in [0.25, 0.3) is 0 Å². The number of carbonyl (C=O) groups excluding carboxylic acids is 1. The van der Waals surface area contributed by atoms with Crippen molar-refractivity contribution in [1.29, 1.82) is 0 Å². The molecule has 0 aliphatic rings. The van der Waals surface area contributed by atoms with Gasteiger partial charge in [0.1, 0.15) is 0 Å². The van der Waals surface area contributed by atoms with Crippen molar-refractivity contribution in [2.24, 2.45) is 0 Å². The minimum Gasteiger partial charge on any atom is -0.459 e. The minimum atomic E-state index is -0.284. The Kier molecular flexibility index (Phi) is 4.76. The van der Waals surface area contributed by atoms with Gasteiger partial charge in [-0.15, -0.1) is 0 Å². The fourth-order valence-corrected chi connectivity index (χ4v) is 2.67. The van der Waals surface area contributed by atoms with Crippen molar-refractivity contribution in [2.75, 3.05) is 0 Å². The summed E-state index contributed by atoms with van der Waals surface area (Å²) in [6, 6.07) is 26.2. The number of ether oxygens (including phenoxy) is 1. The zero-order valence-corrected chi connectivity index (χ0v) is 13.9. The molecule has 3 rings (SSSR count). The summed E-state index contributed by atoms with van der Waals surface area (Å²) < 4.78 is 5.24. The second kappa shape index (κ2) is 7.14. The smallest absolute Gasteiger partial charge is 0.338 e. The maximum Gasteiger partial charge on any atom is 0.338 e. The Balaban J connectivity index is 1.95. The van der Waals surface area contributed by atoms with Crippen LogP contribution in [0.2, 0.25) is 0 Å². The number of hydrogen-bond acceptors (Lipinski definition) is 2. The lowest BCUT2D eigenvalue weighted by Crippen LogP contribution is -2.11. The van der Waals surface area contributed by atoms with E-state index in [4.69, 9.17) is 4.74 Å². The number of rotatable bonds is 4. The monoisotopic (exact) mass is 316 g/mol. The lowest BCUT2D eigenvalue weighted by molar-refractivity contribution is 0.0378. The standard InChI is InChI=1S/C22H20O2/c1-16(2)24-22(23)19-14-12-18(13-15-19)21-11-7-6-10-20(21)17-8-4-3-5-9-17/h3-16H,1-2H3. The molecule has 2 heteroatoms. The summed E-state index contributed by atoms with van der Waals surface area (Å²) in [4.78, 5) is 12.0. The van der Waals surface area contributed by atoms with Crippen LogP contribution in [0.3, 0.4) is 0 Å². The van der Waals surface area contributed by atoms with Crippen LogP contribution in [0.5, 0.6) is 0 Å². The third kappa shape index (κ3) is 3.54. The van der Waals surface area contributed by atoms with Gasteiger partial charge in [0.05, 0.1) is 11.7 Å². The molecule has 0 aromatic heterocycles. The Bertz CT molecular complexity index is 818. The number of benzene rings is 3. The van der Waals surface area contributed by atoms with E-state index in [-0.39, 0.29) is 12.1 Å². The van der Waals surface area contributed by atoms with Crippen LogP contribution >= 0.6 is 0 Å². The Morgan fingerprint density at radius 3 is 1.75 bits per heavy atom. The molecule has 0 bridgehead atoms. The highest BCUT2D eigenvalue weighted by Crippen LogP contribution is 2.31. The molecule has 0 radical (unpaired) electrons. The van der Waals surface area contributed by atoms with Gasteiger partial charge in [-0.05, 0) is 48.2 Å². The third-order valence-corrected chi connectivity index (χ3v) is 3.79. The first-order chi connectivity index (χ1) is 11.6. The average Bonchev–Trinajstić information content (AvgIpc) is 2.62. The van der Waals surface area contributed by atoms with Crippen molar-refractivity contribution in [1.82, 2.24) is 0 Å². The van der Waals surface area contributed by atoms with Crippen LogP contribution < -0.4 is 0 Å². The zero-order chi connectivity index (χ0) is 16.9. The second-order valence-corrected chi connectivity index (χ2v) is 5.94. The number of carbonyl (C=O) groups is 1. The van der Waals surface area contributed by atoms with E-state index in [9.17, 15) is 4.79 Å². The fraction of sp³-hybridized carbons (Fsp3) is 0.136. The molecule has 0 aliphatic carbocycles. The van der Waals surface area contributed by atoms with Crippen LogP contribution in [-0.2, 0) is 4.74 Å². The van der Waals surface area contributed by atoms with E-state index >= 15 is 0 Å². The fourth-order valence-electron chi connectivity index (χ4n) is 2.67. The van der Waals surface area contributed by atoms with Crippen LogP contribution in [-0.4, -0.2) is 12.1 Å². The zero-order valence-electron chi connectivity index (χ0n) is 13.9. The second-order valence-electron chi connectivity index (χ2n) is 5.94. The van der Waals surface area contributed by atoms with Gasteiger partial charge in [0.2, 0.25) is 0 Å². The molecule has 0 spiro atoms. The molecule has 0 heterocycles. The van der Waals surface area contributed by atoms with Gasteiger partial charge in [-0.2, -0.15) is 0 Å². The molecule has 0 saturated carbocycles. The molecule has 0 saturated heterocycles. The van der Waals surface area contributed by atoms with Gasteiger partial charge >= 0.3 is 5.97 Å². The van der Waals surface area contributed by atoms with E-state index in [1.54, 1.807) is 0 Å². The lowest BCUT2D eigenvalue weighted by Gasteiger charge is -2.11. The number of hydrogen-bond donors (Lipinski definition) is 0. The van der Waals surface area contributed by atoms with Crippen molar-refractivity contribution < 1.29 is 9.53 Å². The molecule has 0 atom stereocenters. The summed E-state index contributed by atoms with van der Waals surface area (Å²) in [7, 11) is 0. The maximum atomic E-state index is 12.0. The largest absolute Gasteiger partial charge is 0.459 e. The van der Waals surface area contributed by atoms with Crippen molar-refractivity contribution >= 4 is 5.97 Å². The molecule has 0 amide bonds. The first-order valence-electron chi connectivity index (χ1n) is 8.11. The lowest BCUT2D eigenvalue weighted by atomic mass is 9.94. The first-order valence-corrected chi connectivity index (χ1v) is 8.11. The summed E-state index contributed by atoms with van der Waals surface area (Å²) in [6.45, 7) is 3.70. The van der Waals surface area contributed by atoms with Crippen LogP contribution in [0.4, 0.5) is 0 Å². The van der Waals surface area contributed by atoms with Crippen molar-refractivity contribution in [3.63, 3.8) is 0 Å². The summed E-state index contributed by atoms with van der Waals surface area (Å²) in [6.07, 6.45) is -0.115. The van der Waals surface area contributed by atoms with E-state index in [0.717, 1.165) is 11.1 Å². The Morgan fingerprint density at radius 2 is 1.21 bits per heavy atom. The molecule has 0 aliphatic heterocycles. The summed E-state index contributed by atoms with van der Waals surface area (Å²) in [5.41, 5.74) is 5.15. The molecule has 0 N–H and O–H groups in total. The van der Waals surface area contributed by atoms with E-state index in [1.165, 1.54) is 11.1 Å². The molecule has 0 unspecified atom stereocenters. The quantitative estimate of drug-likeness (QED) is 0.587. The van der Waals surface area contributed by atoms with Gasteiger partial charge in [0.15, 0.2) is 0 Å². The Labute approximate surface area is 142 Å². The molecule has 3 aromatic rings. The molecule has 24 heavy (non-hydrogen) atoms. The predicted octanol–water partition coefficient (Wildman–Crippen LogP) is 5.59. The normalized spacial score (nSPS) is 10.6. The molecule has 2 nitrogen and oxygen atoms in total. The van der Waals surface area contributed by atoms with E-state index in [0.29, 0.717) is 5.56 Å². The van der Waals surface area contributed by atoms with Crippen LogP contribution in [0.25, 0.3) is 22.3 Å². The van der Waals surface area contributed by atoms with Gasteiger partial charge < -0.3 is 4.74 Å². The highest BCUT2D eigenvalue weighted by atomic mass is 16.5. The van der Waals surface area contributed by atoms with Gasteiger partial charge in [0, 0.05) is 0 Å². The minimum absolute atomic E-state index is 0.115. The SMILES string of the molecule is CC(C)OC(=O)c1ccc(-c2ccccc2-c2ccccc2)cc1. The van der Waals surface area contributed by atoms with Crippen LogP contribution in [0, 0.1) is 0 Å². The van der Waals surface area contributed by atoms with E-state index < -0.39 is 0 Å². The van der Waals surface area contributed by atoms with Crippen LogP contribution in [0.1, 0.15) is 24.2 Å². The van der Waals surface area contributed by atoms with Crippen LogP contribution in [0.15, 0.2) is 78.9 Å². The predicted molar refractivity (Wildman–Crippen MR) is 97.9 cm³/mol. The van der Waals surface area contributed by atoms with Crippen molar-refractivity contribution in [2.45, 2.75) is 20.0 Å². The molecule has 3 aromatic carbocycles. The summed E-state index contributed by atoms with van der Waals surface area (Å²) in [5, 5.41) is 0. The number of esters is 1. The van der Waals surface area contributed by atoms with E-state index in [2.05, 4.69) is 24.3 Å². The van der Waals surface area contributed by atoms with Gasteiger partial charge in [-0.3, -0.25) is 0 Å². The molecular weight excluding hydrogens is 296 g/mol. The van der Waals surface area contributed by atoms with Crippen molar-refractivity contribution in [3.05, 3.63) is 84.4 Å². The Hall–Kier alpha value is -2.87. The third-order valence-electron chi connectivity index (χ3n) is 3.79. The average molecular weight is 316 g/mol. The molecular formula is C22H20O2. The highest BCUT2D eigenvalue weighted by Gasteiger charge is 2.11. The first kappa shape index (κ1) is 16.0. The van der Waals surface area contributed by atoms with E-state index in [1.807, 2.05) is 68.4 Å². The summed E-state index contributed by atoms with van der Waals surface area (Å²) in [5.74, 6) is -0.284. The van der Waals surface area contributed by atoms with Crippen molar-refractivity contribution in [3.8, 4) is 22.3 Å². The maximum absolute atomic E-state index is 12.0. The summed E-state index contributed by atoms with van der Waals surface area (Å²) >= 11 is 0. The Morgan fingerprint density at radius 1 is 0.708 bits per heavy atom. The van der Waals surface area contributed by atoms with Gasteiger partial charge in [-0.1, -0.05) is 66.7 Å². The molecule has 0 fully saturated rings. The highest BCUT2D eigenvalue weighted by molar-refractivity contribution is 5.91.